The van der Waals surface area contributed by atoms with Gasteiger partial charge in [-0.15, -0.1) is 0 Å². The standard InChI is InChI=1S/C20H33N/c1-5-17(6-2)20(18-13-8-7-9-14-18)21-19-15(3)11-10-12-16(19)4/h7-9,13-17,19-21H,5-6,10-12H2,1-4H3. The van der Waals surface area contributed by atoms with Crippen LogP contribution < -0.4 is 5.32 Å². The monoisotopic (exact) mass is 287 g/mol. The molecule has 3 unspecified atom stereocenters. The lowest BCUT2D eigenvalue weighted by atomic mass is 9.77. The summed E-state index contributed by atoms with van der Waals surface area (Å²) in [5.74, 6) is 2.33. The van der Waals surface area contributed by atoms with Gasteiger partial charge in [0.1, 0.15) is 0 Å². The summed E-state index contributed by atoms with van der Waals surface area (Å²) >= 11 is 0. The van der Waals surface area contributed by atoms with E-state index in [2.05, 4.69) is 63.3 Å². The minimum absolute atomic E-state index is 0.509. The largest absolute Gasteiger partial charge is 0.306 e. The van der Waals surface area contributed by atoms with Gasteiger partial charge in [-0.25, -0.2) is 0 Å². The molecule has 1 N–H and O–H groups in total. The van der Waals surface area contributed by atoms with Crippen molar-refractivity contribution in [3.63, 3.8) is 0 Å². The van der Waals surface area contributed by atoms with Crippen LogP contribution in [0.1, 0.15) is 71.4 Å². The van der Waals surface area contributed by atoms with Gasteiger partial charge in [-0.2, -0.15) is 0 Å². The molecule has 0 aliphatic heterocycles. The summed E-state index contributed by atoms with van der Waals surface area (Å²) in [5, 5.41) is 4.07. The Kier molecular flexibility index (Phi) is 6.29. The van der Waals surface area contributed by atoms with Crippen molar-refractivity contribution in [3.8, 4) is 0 Å². The van der Waals surface area contributed by atoms with Crippen molar-refractivity contribution in [1.82, 2.24) is 5.32 Å². The lowest BCUT2D eigenvalue weighted by Gasteiger charge is -2.40. The average Bonchev–Trinajstić information content (AvgIpc) is 2.51. The van der Waals surface area contributed by atoms with E-state index in [0.717, 1.165) is 17.8 Å². The molecule has 3 atom stereocenters. The molecule has 0 aromatic heterocycles. The highest BCUT2D eigenvalue weighted by Crippen LogP contribution is 2.34. The third-order valence-electron chi connectivity index (χ3n) is 5.60. The maximum absolute atomic E-state index is 4.07. The van der Waals surface area contributed by atoms with Crippen LogP contribution in [-0.2, 0) is 0 Å². The zero-order valence-corrected chi connectivity index (χ0v) is 14.3. The van der Waals surface area contributed by atoms with Crippen LogP contribution in [0.4, 0.5) is 0 Å². The predicted molar refractivity (Wildman–Crippen MR) is 92.4 cm³/mol. The Morgan fingerprint density at radius 3 is 2.10 bits per heavy atom. The first-order valence-electron chi connectivity index (χ1n) is 8.98. The fourth-order valence-corrected chi connectivity index (χ4v) is 4.14. The molecule has 118 valence electrons. The fraction of sp³-hybridized carbons (Fsp3) is 0.700. The quantitative estimate of drug-likeness (QED) is 0.720. The molecule has 2 rings (SSSR count). The van der Waals surface area contributed by atoms with E-state index in [9.17, 15) is 0 Å². The van der Waals surface area contributed by atoms with E-state index in [4.69, 9.17) is 0 Å². The lowest BCUT2D eigenvalue weighted by molar-refractivity contribution is 0.171. The summed E-state index contributed by atoms with van der Waals surface area (Å²) < 4.78 is 0. The van der Waals surface area contributed by atoms with Crippen LogP contribution >= 0.6 is 0 Å². The van der Waals surface area contributed by atoms with Crippen molar-refractivity contribution in [1.29, 1.82) is 0 Å². The van der Waals surface area contributed by atoms with E-state index >= 15 is 0 Å². The van der Waals surface area contributed by atoms with Crippen LogP contribution in [0.25, 0.3) is 0 Å². The van der Waals surface area contributed by atoms with Crippen LogP contribution in [0.2, 0.25) is 0 Å². The highest BCUT2D eigenvalue weighted by atomic mass is 15.0. The van der Waals surface area contributed by atoms with Crippen molar-refractivity contribution in [2.24, 2.45) is 17.8 Å². The third kappa shape index (κ3) is 4.10. The molecule has 1 aliphatic rings. The molecule has 0 bridgehead atoms. The normalized spacial score (nSPS) is 27.8. The Bertz CT molecular complexity index is 386. The Labute approximate surface area is 131 Å². The molecule has 0 radical (unpaired) electrons. The topological polar surface area (TPSA) is 12.0 Å². The Hall–Kier alpha value is -0.820. The fourth-order valence-electron chi connectivity index (χ4n) is 4.14. The number of rotatable bonds is 6. The molecule has 1 nitrogen and oxygen atoms in total. The second-order valence-corrected chi connectivity index (χ2v) is 7.04. The second-order valence-electron chi connectivity index (χ2n) is 7.04. The van der Waals surface area contributed by atoms with Crippen molar-refractivity contribution < 1.29 is 0 Å². The Morgan fingerprint density at radius 2 is 1.57 bits per heavy atom. The van der Waals surface area contributed by atoms with E-state index in [0.29, 0.717) is 12.1 Å². The van der Waals surface area contributed by atoms with E-state index in [-0.39, 0.29) is 0 Å². The number of nitrogens with one attached hydrogen (secondary N) is 1. The first-order chi connectivity index (χ1) is 10.2. The molecule has 0 spiro atoms. The summed E-state index contributed by atoms with van der Waals surface area (Å²) in [6.45, 7) is 9.53. The Morgan fingerprint density at radius 1 is 1.00 bits per heavy atom. The molecule has 0 saturated heterocycles. The molecule has 0 amide bonds. The second kappa shape index (κ2) is 7.98. The molecule has 21 heavy (non-hydrogen) atoms. The van der Waals surface area contributed by atoms with E-state index < -0.39 is 0 Å². The number of hydrogen-bond acceptors (Lipinski definition) is 1. The van der Waals surface area contributed by atoms with Gasteiger partial charge in [0.2, 0.25) is 0 Å². The number of benzene rings is 1. The zero-order valence-electron chi connectivity index (χ0n) is 14.3. The molecular weight excluding hydrogens is 254 g/mol. The first kappa shape index (κ1) is 16.5. The van der Waals surface area contributed by atoms with Gasteiger partial charge in [-0.05, 0) is 36.2 Å². The summed E-state index contributed by atoms with van der Waals surface area (Å²) in [7, 11) is 0. The van der Waals surface area contributed by atoms with Crippen LogP contribution in [0, 0.1) is 17.8 Å². The van der Waals surface area contributed by atoms with Gasteiger partial charge in [0.05, 0.1) is 0 Å². The molecule has 1 aliphatic carbocycles. The van der Waals surface area contributed by atoms with E-state index in [1.165, 1.54) is 37.7 Å². The first-order valence-corrected chi connectivity index (χ1v) is 8.98. The van der Waals surface area contributed by atoms with Gasteiger partial charge in [-0.3, -0.25) is 0 Å². The maximum atomic E-state index is 4.07. The third-order valence-corrected chi connectivity index (χ3v) is 5.60. The van der Waals surface area contributed by atoms with Crippen molar-refractivity contribution in [2.45, 2.75) is 71.9 Å². The zero-order chi connectivity index (χ0) is 15.2. The molecule has 1 fully saturated rings. The average molecular weight is 287 g/mol. The van der Waals surface area contributed by atoms with Crippen molar-refractivity contribution in [2.75, 3.05) is 0 Å². The highest BCUT2D eigenvalue weighted by molar-refractivity contribution is 5.20. The van der Waals surface area contributed by atoms with Gasteiger partial charge in [-0.1, -0.05) is 77.3 Å². The smallest absolute Gasteiger partial charge is 0.0351 e. The minimum Gasteiger partial charge on any atom is -0.306 e. The molecule has 1 aromatic carbocycles. The van der Waals surface area contributed by atoms with Gasteiger partial charge in [0, 0.05) is 12.1 Å². The molecule has 1 saturated carbocycles. The summed E-state index contributed by atoms with van der Waals surface area (Å²) in [4.78, 5) is 0. The van der Waals surface area contributed by atoms with Crippen molar-refractivity contribution >= 4 is 0 Å². The lowest BCUT2D eigenvalue weighted by Crippen LogP contribution is -2.46. The van der Waals surface area contributed by atoms with Gasteiger partial charge < -0.3 is 5.32 Å². The van der Waals surface area contributed by atoms with Gasteiger partial charge in [0.25, 0.3) is 0 Å². The summed E-state index contributed by atoms with van der Waals surface area (Å²) in [6, 6.07) is 12.3. The molecule has 1 aromatic rings. The highest BCUT2D eigenvalue weighted by Gasteiger charge is 2.31. The molecule has 0 heterocycles. The molecular formula is C20H33N. The van der Waals surface area contributed by atoms with Crippen LogP contribution in [0.15, 0.2) is 30.3 Å². The van der Waals surface area contributed by atoms with Crippen LogP contribution in [-0.4, -0.2) is 6.04 Å². The van der Waals surface area contributed by atoms with E-state index in [1.807, 2.05) is 0 Å². The van der Waals surface area contributed by atoms with Gasteiger partial charge in [0.15, 0.2) is 0 Å². The van der Waals surface area contributed by atoms with E-state index in [1.54, 1.807) is 0 Å². The van der Waals surface area contributed by atoms with Crippen LogP contribution in [0.3, 0.4) is 0 Å². The van der Waals surface area contributed by atoms with Gasteiger partial charge >= 0.3 is 0 Å². The van der Waals surface area contributed by atoms with Crippen LogP contribution in [0.5, 0.6) is 0 Å². The minimum atomic E-state index is 0.509. The SMILES string of the molecule is CCC(CC)C(NC1C(C)CCCC1C)c1ccccc1. The molecule has 1 heteroatoms. The predicted octanol–water partition coefficient (Wildman–Crippen LogP) is 5.58. The van der Waals surface area contributed by atoms with Crippen molar-refractivity contribution in [3.05, 3.63) is 35.9 Å². The Balaban J connectivity index is 2.19. The summed E-state index contributed by atoms with van der Waals surface area (Å²) in [6.07, 6.45) is 6.66. The maximum Gasteiger partial charge on any atom is 0.0351 e. The number of hydrogen-bond donors (Lipinski definition) is 1. The summed E-state index contributed by atoms with van der Waals surface area (Å²) in [5.41, 5.74) is 1.47.